The lowest BCUT2D eigenvalue weighted by Crippen LogP contribution is -2.03. The van der Waals surface area contributed by atoms with Crippen LogP contribution in [0.1, 0.15) is 25.8 Å². The summed E-state index contributed by atoms with van der Waals surface area (Å²) in [7, 11) is 2.70. The molecule has 0 atom stereocenters. The third-order valence-electron chi connectivity index (χ3n) is 3.04. The lowest BCUT2D eigenvalue weighted by atomic mass is 10.1. The molecular formula is C16H14ClNO4S. The van der Waals surface area contributed by atoms with Crippen molar-refractivity contribution in [2.75, 3.05) is 14.2 Å². The van der Waals surface area contributed by atoms with E-state index in [1.807, 2.05) is 0 Å². The zero-order chi connectivity index (χ0) is 17.0. The molecule has 0 aliphatic rings. The number of nitrogens with zero attached hydrogens (tertiary/aromatic N) is 1. The molecule has 0 fully saturated rings. The summed E-state index contributed by atoms with van der Waals surface area (Å²) in [6, 6.07) is 5.03. The highest BCUT2D eigenvalue weighted by Gasteiger charge is 2.20. The molecular weight excluding hydrogens is 338 g/mol. The smallest absolute Gasteiger partial charge is 0.342 e. The summed E-state index contributed by atoms with van der Waals surface area (Å²) in [5, 5.41) is 0.839. The van der Waals surface area contributed by atoms with Crippen LogP contribution in [0.3, 0.4) is 0 Å². The summed E-state index contributed by atoms with van der Waals surface area (Å²) < 4.78 is 9.58. The van der Waals surface area contributed by atoms with E-state index in [0.29, 0.717) is 15.5 Å². The summed E-state index contributed by atoms with van der Waals surface area (Å²) >= 11 is 7.00. The monoisotopic (exact) mass is 351 g/mol. The summed E-state index contributed by atoms with van der Waals surface area (Å²) in [5.74, 6) is -0.783. The maximum atomic E-state index is 12.5. The van der Waals surface area contributed by atoms with Crippen molar-refractivity contribution in [1.29, 1.82) is 0 Å². The van der Waals surface area contributed by atoms with E-state index in [2.05, 4.69) is 4.98 Å². The Bertz CT molecular complexity index is 782. The van der Waals surface area contributed by atoms with Gasteiger partial charge in [0.25, 0.3) is 0 Å². The summed E-state index contributed by atoms with van der Waals surface area (Å²) in [6.45, 7) is 1.80. The largest absolute Gasteiger partial charge is 0.503 e. The predicted molar refractivity (Wildman–Crippen MR) is 88.7 cm³/mol. The van der Waals surface area contributed by atoms with Gasteiger partial charge in [0.2, 0.25) is 5.78 Å². The van der Waals surface area contributed by atoms with Crippen LogP contribution in [0.5, 0.6) is 0 Å². The van der Waals surface area contributed by atoms with Crippen molar-refractivity contribution in [2.45, 2.75) is 6.92 Å². The second kappa shape index (κ2) is 7.39. The highest BCUT2D eigenvalue weighted by atomic mass is 35.5. The quantitative estimate of drug-likeness (QED) is 0.357. The SMILES string of the molecule is COC=C(C(=O)OC)c1cnc(C(=O)c2ccc(Cl)cc2C)s1. The van der Waals surface area contributed by atoms with E-state index < -0.39 is 5.97 Å². The van der Waals surface area contributed by atoms with Crippen LogP contribution in [0.25, 0.3) is 5.57 Å². The number of thiazole rings is 1. The van der Waals surface area contributed by atoms with Gasteiger partial charge < -0.3 is 9.47 Å². The normalized spacial score (nSPS) is 11.2. The Hall–Kier alpha value is -2.18. The van der Waals surface area contributed by atoms with E-state index in [9.17, 15) is 9.59 Å². The Labute approximate surface area is 142 Å². The summed E-state index contributed by atoms with van der Waals surface area (Å²) in [4.78, 5) is 28.9. The molecule has 0 saturated heterocycles. The highest BCUT2D eigenvalue weighted by molar-refractivity contribution is 7.15. The van der Waals surface area contributed by atoms with E-state index in [0.717, 1.165) is 16.9 Å². The number of hydrogen-bond acceptors (Lipinski definition) is 6. The second-order valence-electron chi connectivity index (χ2n) is 4.58. The van der Waals surface area contributed by atoms with Crippen molar-refractivity contribution in [2.24, 2.45) is 0 Å². The topological polar surface area (TPSA) is 65.5 Å². The second-order valence-corrected chi connectivity index (χ2v) is 6.04. The number of aryl methyl sites for hydroxylation is 1. The van der Waals surface area contributed by atoms with Gasteiger partial charge in [-0.2, -0.15) is 0 Å². The number of carbonyl (C=O) groups excluding carboxylic acids is 2. The van der Waals surface area contributed by atoms with Crippen molar-refractivity contribution >= 4 is 40.3 Å². The molecule has 0 radical (unpaired) electrons. The Morgan fingerprint density at radius 2 is 2.04 bits per heavy atom. The molecule has 2 rings (SSSR count). The number of ether oxygens (including phenoxy) is 2. The third kappa shape index (κ3) is 3.78. The van der Waals surface area contributed by atoms with Crippen LogP contribution in [0, 0.1) is 6.92 Å². The van der Waals surface area contributed by atoms with Gasteiger partial charge in [-0.3, -0.25) is 4.79 Å². The van der Waals surface area contributed by atoms with Crippen LogP contribution in [0.2, 0.25) is 5.02 Å². The minimum Gasteiger partial charge on any atom is -0.503 e. The molecule has 1 aromatic carbocycles. The number of benzene rings is 1. The van der Waals surface area contributed by atoms with Crippen molar-refractivity contribution in [1.82, 2.24) is 4.98 Å². The first-order valence-corrected chi connectivity index (χ1v) is 7.75. The van der Waals surface area contributed by atoms with E-state index in [1.165, 1.54) is 26.7 Å². The average molecular weight is 352 g/mol. The Morgan fingerprint density at radius 3 is 2.65 bits per heavy atom. The minimum absolute atomic E-state index is 0.208. The molecule has 1 aromatic heterocycles. The molecule has 0 amide bonds. The lowest BCUT2D eigenvalue weighted by Gasteiger charge is -2.03. The van der Waals surface area contributed by atoms with Crippen molar-refractivity contribution < 1.29 is 19.1 Å². The van der Waals surface area contributed by atoms with Gasteiger partial charge in [0.1, 0.15) is 5.57 Å². The first-order valence-electron chi connectivity index (χ1n) is 6.56. The number of hydrogen-bond donors (Lipinski definition) is 0. The number of carbonyl (C=O) groups is 2. The van der Waals surface area contributed by atoms with Crippen LogP contribution in [0.15, 0.2) is 30.7 Å². The van der Waals surface area contributed by atoms with E-state index in [4.69, 9.17) is 21.1 Å². The molecule has 0 N–H and O–H groups in total. The van der Waals surface area contributed by atoms with Gasteiger partial charge >= 0.3 is 5.97 Å². The van der Waals surface area contributed by atoms with Crippen LogP contribution in [0.4, 0.5) is 0 Å². The zero-order valence-corrected chi connectivity index (χ0v) is 14.3. The maximum Gasteiger partial charge on any atom is 0.342 e. The van der Waals surface area contributed by atoms with E-state index in [-0.39, 0.29) is 16.4 Å². The molecule has 23 heavy (non-hydrogen) atoms. The number of esters is 1. The highest BCUT2D eigenvalue weighted by Crippen LogP contribution is 2.26. The molecule has 2 aromatic rings. The van der Waals surface area contributed by atoms with E-state index in [1.54, 1.807) is 25.1 Å². The molecule has 0 aliphatic heterocycles. The van der Waals surface area contributed by atoms with Gasteiger partial charge in [-0.05, 0) is 30.7 Å². The van der Waals surface area contributed by atoms with Gasteiger partial charge in [-0.15, -0.1) is 11.3 Å². The molecule has 0 bridgehead atoms. The van der Waals surface area contributed by atoms with Crippen molar-refractivity contribution in [3.05, 3.63) is 56.7 Å². The maximum absolute atomic E-state index is 12.5. The number of ketones is 1. The van der Waals surface area contributed by atoms with Gasteiger partial charge in [0.05, 0.1) is 25.4 Å². The standard InChI is InChI=1S/C16H14ClNO4S/c1-9-6-10(17)4-5-11(9)14(19)15-18-7-13(23-15)12(8-21-2)16(20)22-3/h4-8H,1-3H3. The van der Waals surface area contributed by atoms with Crippen molar-refractivity contribution in [3.8, 4) is 0 Å². The molecule has 0 saturated carbocycles. The Kier molecular flexibility index (Phi) is 5.52. The zero-order valence-electron chi connectivity index (χ0n) is 12.8. The molecule has 0 aliphatic carbocycles. The average Bonchev–Trinajstić information content (AvgIpc) is 3.01. The van der Waals surface area contributed by atoms with Crippen LogP contribution >= 0.6 is 22.9 Å². The number of rotatable bonds is 5. The number of aromatic nitrogens is 1. The number of halogens is 1. The minimum atomic E-state index is -0.558. The van der Waals surface area contributed by atoms with Gasteiger partial charge in [-0.25, -0.2) is 9.78 Å². The summed E-state index contributed by atoms with van der Waals surface area (Å²) in [6.07, 6.45) is 2.71. The van der Waals surface area contributed by atoms with Crippen LogP contribution in [-0.2, 0) is 14.3 Å². The fourth-order valence-electron chi connectivity index (χ4n) is 1.94. The Balaban J connectivity index is 2.36. The molecule has 0 unspecified atom stereocenters. The molecule has 5 nitrogen and oxygen atoms in total. The molecule has 0 spiro atoms. The fraction of sp³-hybridized carbons (Fsp3) is 0.188. The van der Waals surface area contributed by atoms with Gasteiger partial charge in [0.15, 0.2) is 5.01 Å². The molecule has 1 heterocycles. The van der Waals surface area contributed by atoms with Gasteiger partial charge in [-0.1, -0.05) is 11.6 Å². The first kappa shape index (κ1) is 17.2. The fourth-order valence-corrected chi connectivity index (χ4v) is 3.03. The molecule has 120 valence electrons. The van der Waals surface area contributed by atoms with Gasteiger partial charge in [0, 0.05) is 16.8 Å². The first-order chi connectivity index (χ1) is 11.0. The Morgan fingerprint density at radius 1 is 1.30 bits per heavy atom. The van der Waals surface area contributed by atoms with Crippen molar-refractivity contribution in [3.63, 3.8) is 0 Å². The molecule has 7 heteroatoms. The van der Waals surface area contributed by atoms with Crippen LogP contribution in [-0.4, -0.2) is 31.0 Å². The number of methoxy groups -OCH3 is 2. The van der Waals surface area contributed by atoms with E-state index >= 15 is 0 Å². The predicted octanol–water partition coefficient (Wildman–Crippen LogP) is 3.50. The van der Waals surface area contributed by atoms with Crippen LogP contribution < -0.4 is 0 Å². The summed E-state index contributed by atoms with van der Waals surface area (Å²) in [5.41, 5.74) is 1.49. The lowest BCUT2D eigenvalue weighted by molar-refractivity contribution is -0.133. The third-order valence-corrected chi connectivity index (χ3v) is 4.30.